The van der Waals surface area contributed by atoms with E-state index in [9.17, 15) is 5.11 Å². The highest BCUT2D eigenvalue weighted by atomic mass is 16.5. The Morgan fingerprint density at radius 2 is 2.09 bits per heavy atom. The maximum atomic E-state index is 9.31. The lowest BCUT2D eigenvalue weighted by atomic mass is 10.2. The molecular formula is C8H11NO2. The molecule has 60 valence electrons. The number of nitrogens with zero attached hydrogens (tertiary/aromatic N) is 1. The predicted octanol–water partition coefficient (Wildman–Crippen LogP) is 1.41. The van der Waals surface area contributed by atoms with Gasteiger partial charge in [0.05, 0.1) is 12.8 Å². The third-order valence-corrected chi connectivity index (χ3v) is 1.54. The largest absolute Gasteiger partial charge is 0.506 e. The zero-order valence-corrected chi connectivity index (χ0v) is 6.88. The SMILES string of the molecule is COc1cc(C)c(O)c(C)n1. The monoisotopic (exact) mass is 153 g/mol. The number of aromatic nitrogens is 1. The van der Waals surface area contributed by atoms with Gasteiger partial charge in [0, 0.05) is 6.07 Å². The van der Waals surface area contributed by atoms with E-state index in [1.165, 1.54) is 0 Å². The molecule has 0 aliphatic carbocycles. The van der Waals surface area contributed by atoms with E-state index in [1.54, 1.807) is 20.1 Å². The Balaban J connectivity index is 3.21. The molecule has 0 unspecified atom stereocenters. The van der Waals surface area contributed by atoms with Gasteiger partial charge in [0.25, 0.3) is 0 Å². The van der Waals surface area contributed by atoms with E-state index >= 15 is 0 Å². The first-order valence-electron chi connectivity index (χ1n) is 3.36. The van der Waals surface area contributed by atoms with Crippen molar-refractivity contribution in [2.75, 3.05) is 7.11 Å². The summed E-state index contributed by atoms with van der Waals surface area (Å²) in [6.07, 6.45) is 0. The molecule has 0 aromatic carbocycles. The van der Waals surface area contributed by atoms with E-state index in [4.69, 9.17) is 4.74 Å². The normalized spacial score (nSPS) is 9.73. The van der Waals surface area contributed by atoms with Crippen LogP contribution >= 0.6 is 0 Å². The summed E-state index contributed by atoms with van der Waals surface area (Å²) in [5, 5.41) is 9.31. The number of aromatic hydroxyl groups is 1. The molecule has 0 bridgehead atoms. The predicted molar refractivity (Wildman–Crippen MR) is 41.9 cm³/mol. The van der Waals surface area contributed by atoms with Gasteiger partial charge in [-0.2, -0.15) is 0 Å². The van der Waals surface area contributed by atoms with Gasteiger partial charge in [-0.1, -0.05) is 0 Å². The number of hydrogen-bond acceptors (Lipinski definition) is 3. The third kappa shape index (κ3) is 1.42. The van der Waals surface area contributed by atoms with E-state index < -0.39 is 0 Å². The van der Waals surface area contributed by atoms with Crippen molar-refractivity contribution in [3.05, 3.63) is 17.3 Å². The summed E-state index contributed by atoms with van der Waals surface area (Å²) in [6, 6.07) is 1.70. The van der Waals surface area contributed by atoms with Gasteiger partial charge in [0.15, 0.2) is 0 Å². The summed E-state index contributed by atoms with van der Waals surface area (Å²) in [7, 11) is 1.55. The van der Waals surface area contributed by atoms with Crippen LogP contribution in [0.25, 0.3) is 0 Å². The lowest BCUT2D eigenvalue weighted by Crippen LogP contribution is -1.91. The number of hydrogen-bond donors (Lipinski definition) is 1. The molecule has 0 atom stereocenters. The van der Waals surface area contributed by atoms with E-state index in [-0.39, 0.29) is 5.75 Å². The molecule has 0 radical (unpaired) electrons. The third-order valence-electron chi connectivity index (χ3n) is 1.54. The van der Waals surface area contributed by atoms with Crippen LogP contribution in [0.2, 0.25) is 0 Å². The Labute approximate surface area is 65.7 Å². The van der Waals surface area contributed by atoms with Crippen LogP contribution in [0.4, 0.5) is 0 Å². The zero-order chi connectivity index (χ0) is 8.43. The molecule has 0 saturated heterocycles. The molecule has 1 rings (SSSR count). The van der Waals surface area contributed by atoms with E-state index in [0.29, 0.717) is 11.6 Å². The van der Waals surface area contributed by atoms with Crippen LogP contribution in [0.5, 0.6) is 11.6 Å². The van der Waals surface area contributed by atoms with Crippen LogP contribution in [-0.4, -0.2) is 17.2 Å². The number of methoxy groups -OCH3 is 1. The molecule has 1 aromatic heterocycles. The Hall–Kier alpha value is -1.25. The van der Waals surface area contributed by atoms with Crippen LogP contribution in [0.15, 0.2) is 6.07 Å². The van der Waals surface area contributed by atoms with Crippen molar-refractivity contribution in [3.63, 3.8) is 0 Å². The van der Waals surface area contributed by atoms with Crippen molar-refractivity contribution in [2.45, 2.75) is 13.8 Å². The van der Waals surface area contributed by atoms with Gasteiger partial charge < -0.3 is 9.84 Å². The molecule has 0 saturated carbocycles. The Kier molecular flexibility index (Phi) is 1.98. The molecular weight excluding hydrogens is 142 g/mol. The molecule has 3 nitrogen and oxygen atoms in total. The lowest BCUT2D eigenvalue weighted by Gasteiger charge is -2.04. The number of aryl methyl sites for hydroxylation is 2. The summed E-state index contributed by atoms with van der Waals surface area (Å²) < 4.78 is 4.91. The summed E-state index contributed by atoms with van der Waals surface area (Å²) in [5.74, 6) is 0.781. The van der Waals surface area contributed by atoms with Gasteiger partial charge in [0.1, 0.15) is 5.75 Å². The second-order valence-electron chi connectivity index (χ2n) is 2.42. The lowest BCUT2D eigenvalue weighted by molar-refractivity contribution is 0.391. The van der Waals surface area contributed by atoms with Crippen LogP contribution < -0.4 is 4.74 Å². The van der Waals surface area contributed by atoms with Crippen molar-refractivity contribution in [2.24, 2.45) is 0 Å². The minimum Gasteiger partial charge on any atom is -0.506 e. The topological polar surface area (TPSA) is 42.4 Å². The molecule has 0 spiro atoms. The van der Waals surface area contributed by atoms with E-state index in [0.717, 1.165) is 5.56 Å². The summed E-state index contributed by atoms with van der Waals surface area (Å²) in [4.78, 5) is 3.98. The number of pyridine rings is 1. The first-order chi connectivity index (χ1) is 5.15. The van der Waals surface area contributed by atoms with Gasteiger partial charge >= 0.3 is 0 Å². The maximum Gasteiger partial charge on any atom is 0.213 e. The molecule has 0 aliphatic heterocycles. The number of ether oxygens (including phenoxy) is 1. The fraction of sp³-hybridized carbons (Fsp3) is 0.375. The summed E-state index contributed by atoms with van der Waals surface area (Å²) in [5.41, 5.74) is 1.39. The standard InChI is InChI=1S/C8H11NO2/c1-5-4-7(11-3)9-6(2)8(5)10/h4,10H,1-3H3. The second kappa shape index (κ2) is 2.78. The first kappa shape index (κ1) is 7.85. The minimum atomic E-state index is 0.241. The fourth-order valence-electron chi connectivity index (χ4n) is 0.894. The Morgan fingerprint density at radius 1 is 1.45 bits per heavy atom. The van der Waals surface area contributed by atoms with Gasteiger partial charge in [-0.3, -0.25) is 0 Å². The highest BCUT2D eigenvalue weighted by molar-refractivity contribution is 5.37. The molecule has 0 aliphatic rings. The maximum absolute atomic E-state index is 9.31. The van der Waals surface area contributed by atoms with Crippen molar-refractivity contribution in [1.29, 1.82) is 0 Å². The molecule has 11 heavy (non-hydrogen) atoms. The van der Waals surface area contributed by atoms with Crippen LogP contribution in [-0.2, 0) is 0 Å². The Morgan fingerprint density at radius 3 is 2.55 bits per heavy atom. The zero-order valence-electron chi connectivity index (χ0n) is 6.88. The summed E-state index contributed by atoms with van der Waals surface area (Å²) in [6.45, 7) is 3.55. The van der Waals surface area contributed by atoms with Crippen molar-refractivity contribution in [3.8, 4) is 11.6 Å². The van der Waals surface area contributed by atoms with Gasteiger partial charge in [-0.25, -0.2) is 4.98 Å². The summed E-state index contributed by atoms with van der Waals surface area (Å²) >= 11 is 0. The molecule has 0 amide bonds. The van der Waals surface area contributed by atoms with Crippen LogP contribution in [0.1, 0.15) is 11.3 Å². The molecule has 1 N–H and O–H groups in total. The van der Waals surface area contributed by atoms with Gasteiger partial charge in [-0.15, -0.1) is 0 Å². The van der Waals surface area contributed by atoms with Gasteiger partial charge in [0.2, 0.25) is 5.88 Å². The smallest absolute Gasteiger partial charge is 0.213 e. The van der Waals surface area contributed by atoms with Crippen molar-refractivity contribution in [1.82, 2.24) is 4.98 Å². The minimum absolute atomic E-state index is 0.241. The second-order valence-corrected chi connectivity index (χ2v) is 2.42. The molecule has 3 heteroatoms. The fourth-order valence-corrected chi connectivity index (χ4v) is 0.894. The molecule has 0 fully saturated rings. The average Bonchev–Trinajstić information content (AvgIpc) is 1.99. The van der Waals surface area contributed by atoms with Crippen molar-refractivity contribution >= 4 is 0 Å². The highest BCUT2D eigenvalue weighted by Crippen LogP contribution is 2.22. The van der Waals surface area contributed by atoms with Gasteiger partial charge in [-0.05, 0) is 19.4 Å². The quantitative estimate of drug-likeness (QED) is 0.663. The molecule has 1 aromatic rings. The first-order valence-corrected chi connectivity index (χ1v) is 3.36. The van der Waals surface area contributed by atoms with Crippen LogP contribution in [0, 0.1) is 13.8 Å². The average molecular weight is 153 g/mol. The van der Waals surface area contributed by atoms with Crippen LogP contribution in [0.3, 0.4) is 0 Å². The van der Waals surface area contributed by atoms with Crippen molar-refractivity contribution < 1.29 is 9.84 Å². The Bertz CT molecular complexity index is 248. The highest BCUT2D eigenvalue weighted by Gasteiger charge is 2.03. The molecule has 1 heterocycles. The van der Waals surface area contributed by atoms with E-state index in [2.05, 4.69) is 4.98 Å². The van der Waals surface area contributed by atoms with E-state index in [1.807, 2.05) is 6.92 Å². The number of rotatable bonds is 1.